The molecule has 2 heterocycles. The highest BCUT2D eigenvalue weighted by molar-refractivity contribution is 7.90. The lowest BCUT2D eigenvalue weighted by Gasteiger charge is -2.36. The highest BCUT2D eigenvalue weighted by atomic mass is 32.2. The number of rotatable bonds is 8. The first-order chi connectivity index (χ1) is 17.4. The maximum atomic E-state index is 13.2. The van der Waals surface area contributed by atoms with Crippen molar-refractivity contribution in [1.29, 1.82) is 0 Å². The standard InChI is InChI=1S/C26H30F3N5OS2/c1-15-11-16(13-19(12-15)32-23-30-10-9-21(33-23)26(27,28)29)20-14-31-22(36-20)25(17-5-6-17,18-7-8-18)34-37(35)24(2,3)4/h9-14,17-18,34H,5-8H2,1-4H3,(H,30,32,33). The van der Waals surface area contributed by atoms with E-state index in [2.05, 4.69) is 20.0 Å². The molecule has 2 saturated carbocycles. The number of alkyl halides is 3. The SMILES string of the molecule is Cc1cc(Nc2nccc(C(F)(F)F)n2)cc(-c2cnc(C(N[S+]([O-])C(C)(C)C)(C3CC3)C3CC3)s2)c1. The molecule has 2 aliphatic rings. The molecule has 2 aliphatic carbocycles. The summed E-state index contributed by atoms with van der Waals surface area (Å²) in [6, 6.07) is 6.57. The Morgan fingerprint density at radius 2 is 1.70 bits per heavy atom. The van der Waals surface area contributed by atoms with Crippen LogP contribution in [0.1, 0.15) is 62.7 Å². The van der Waals surface area contributed by atoms with Crippen LogP contribution in [0.25, 0.3) is 10.4 Å². The van der Waals surface area contributed by atoms with Gasteiger partial charge in [-0.1, -0.05) is 6.07 Å². The van der Waals surface area contributed by atoms with Crippen LogP contribution in [0.5, 0.6) is 0 Å². The molecule has 3 aromatic rings. The van der Waals surface area contributed by atoms with Crippen LogP contribution in [0, 0.1) is 18.8 Å². The first kappa shape index (κ1) is 26.4. The molecule has 2 aromatic heterocycles. The van der Waals surface area contributed by atoms with Crippen LogP contribution < -0.4 is 10.0 Å². The molecule has 2 fully saturated rings. The van der Waals surface area contributed by atoms with Gasteiger partial charge in [0.05, 0.1) is 4.88 Å². The van der Waals surface area contributed by atoms with E-state index in [1.807, 2.05) is 52.1 Å². The van der Waals surface area contributed by atoms with E-state index in [0.717, 1.165) is 59.0 Å². The van der Waals surface area contributed by atoms with Crippen molar-refractivity contribution in [2.75, 3.05) is 5.32 Å². The van der Waals surface area contributed by atoms with Crippen molar-refractivity contribution in [3.8, 4) is 10.4 Å². The van der Waals surface area contributed by atoms with Gasteiger partial charge in [0.1, 0.15) is 21.0 Å². The third kappa shape index (κ3) is 5.64. The number of aromatic nitrogens is 3. The highest BCUT2D eigenvalue weighted by Gasteiger charge is 2.60. The first-order valence-electron chi connectivity index (χ1n) is 12.3. The summed E-state index contributed by atoms with van der Waals surface area (Å²) in [4.78, 5) is 13.4. The second kappa shape index (κ2) is 9.52. The van der Waals surface area contributed by atoms with Gasteiger partial charge in [0.25, 0.3) is 0 Å². The lowest BCUT2D eigenvalue weighted by Crippen LogP contribution is -2.54. The Balaban J connectivity index is 1.45. The van der Waals surface area contributed by atoms with Gasteiger partial charge in [-0.3, -0.25) is 0 Å². The molecule has 0 spiro atoms. The molecule has 198 valence electrons. The maximum Gasteiger partial charge on any atom is 0.433 e. The fourth-order valence-electron chi connectivity index (χ4n) is 4.58. The summed E-state index contributed by atoms with van der Waals surface area (Å²) in [6.07, 6.45) is 2.76. The minimum atomic E-state index is -4.55. The van der Waals surface area contributed by atoms with Crippen LogP contribution >= 0.6 is 11.3 Å². The predicted octanol–water partition coefficient (Wildman–Crippen LogP) is 6.74. The largest absolute Gasteiger partial charge is 0.598 e. The van der Waals surface area contributed by atoms with E-state index >= 15 is 0 Å². The summed E-state index contributed by atoms with van der Waals surface area (Å²) in [5, 5.41) is 3.87. The summed E-state index contributed by atoms with van der Waals surface area (Å²) in [7, 11) is 0. The Hall–Kier alpha value is -2.21. The zero-order chi connectivity index (χ0) is 26.6. The number of hydrogen-bond acceptors (Lipinski definition) is 7. The third-order valence-electron chi connectivity index (χ3n) is 6.68. The van der Waals surface area contributed by atoms with Crippen molar-refractivity contribution in [3.05, 3.63) is 52.9 Å². The monoisotopic (exact) mass is 549 g/mol. The van der Waals surface area contributed by atoms with Crippen molar-refractivity contribution in [2.24, 2.45) is 11.8 Å². The molecule has 2 N–H and O–H groups in total. The average molecular weight is 550 g/mol. The molecule has 6 nitrogen and oxygen atoms in total. The lowest BCUT2D eigenvalue weighted by molar-refractivity contribution is -0.141. The lowest BCUT2D eigenvalue weighted by atomic mass is 9.89. The summed E-state index contributed by atoms with van der Waals surface area (Å²) >= 11 is 0.367. The second-order valence-electron chi connectivity index (χ2n) is 10.9. The van der Waals surface area contributed by atoms with E-state index in [4.69, 9.17) is 4.98 Å². The van der Waals surface area contributed by atoms with E-state index in [0.29, 0.717) is 17.5 Å². The van der Waals surface area contributed by atoms with Crippen LogP contribution in [0.4, 0.5) is 24.8 Å². The molecular weight excluding hydrogens is 519 g/mol. The molecule has 1 aromatic carbocycles. The number of thiazole rings is 1. The zero-order valence-electron chi connectivity index (χ0n) is 21.1. The van der Waals surface area contributed by atoms with Gasteiger partial charge in [0, 0.05) is 29.4 Å². The molecule has 0 aliphatic heterocycles. The molecule has 11 heteroatoms. The van der Waals surface area contributed by atoms with Crippen molar-refractivity contribution < 1.29 is 17.7 Å². The van der Waals surface area contributed by atoms with Gasteiger partial charge in [0.15, 0.2) is 0 Å². The summed E-state index contributed by atoms with van der Waals surface area (Å²) < 4.78 is 55.6. The second-order valence-corrected chi connectivity index (χ2v) is 13.9. The van der Waals surface area contributed by atoms with Gasteiger partial charge in [0.2, 0.25) is 5.95 Å². The molecule has 1 atom stereocenters. The fourth-order valence-corrected chi connectivity index (χ4v) is 6.89. The number of halogens is 3. The zero-order valence-corrected chi connectivity index (χ0v) is 22.8. The predicted molar refractivity (Wildman–Crippen MR) is 141 cm³/mol. The summed E-state index contributed by atoms with van der Waals surface area (Å²) in [5.74, 6) is 0.711. The Morgan fingerprint density at radius 3 is 2.30 bits per heavy atom. The third-order valence-corrected chi connectivity index (χ3v) is 9.52. The van der Waals surface area contributed by atoms with Gasteiger partial charge < -0.3 is 9.87 Å². The van der Waals surface area contributed by atoms with Crippen LogP contribution in [0.2, 0.25) is 0 Å². The van der Waals surface area contributed by atoms with Crippen LogP contribution in [0.15, 0.2) is 36.7 Å². The van der Waals surface area contributed by atoms with Gasteiger partial charge in [-0.25, -0.2) is 15.0 Å². The number of nitrogens with zero attached hydrogens (tertiary/aromatic N) is 3. The van der Waals surface area contributed by atoms with E-state index in [1.54, 1.807) is 11.3 Å². The Morgan fingerprint density at radius 1 is 1.03 bits per heavy atom. The van der Waals surface area contributed by atoms with Gasteiger partial charge >= 0.3 is 6.18 Å². The fraction of sp³-hybridized carbons (Fsp3) is 0.500. The van der Waals surface area contributed by atoms with Crippen LogP contribution in [0.3, 0.4) is 0 Å². The molecule has 0 bridgehead atoms. The number of benzene rings is 1. The van der Waals surface area contributed by atoms with Crippen molar-refractivity contribution in [1.82, 2.24) is 19.7 Å². The molecule has 5 rings (SSSR count). The molecule has 0 saturated heterocycles. The number of anilines is 2. The topological polar surface area (TPSA) is 85.8 Å². The van der Waals surface area contributed by atoms with Crippen molar-refractivity contribution >= 4 is 34.3 Å². The summed E-state index contributed by atoms with van der Waals surface area (Å²) in [5.41, 5.74) is 1.03. The molecular formula is C26H30F3N5OS2. The average Bonchev–Trinajstić information content (AvgIpc) is 3.74. The van der Waals surface area contributed by atoms with E-state index in [-0.39, 0.29) is 5.95 Å². The smallest absolute Gasteiger partial charge is 0.433 e. The van der Waals surface area contributed by atoms with E-state index < -0.39 is 33.5 Å². The maximum absolute atomic E-state index is 13.2. The Labute approximate surface area is 221 Å². The number of hydrogen-bond donors (Lipinski definition) is 2. The van der Waals surface area contributed by atoms with Gasteiger partial charge in [-0.2, -0.15) is 13.2 Å². The number of nitrogens with one attached hydrogen (secondary N) is 2. The molecule has 0 amide bonds. The van der Waals surface area contributed by atoms with Crippen molar-refractivity contribution in [3.63, 3.8) is 0 Å². The van der Waals surface area contributed by atoms with E-state index in [1.165, 1.54) is 0 Å². The van der Waals surface area contributed by atoms with Crippen LogP contribution in [-0.4, -0.2) is 24.3 Å². The molecule has 1 unspecified atom stereocenters. The first-order valence-corrected chi connectivity index (χ1v) is 14.3. The van der Waals surface area contributed by atoms with Crippen LogP contribution in [-0.2, 0) is 23.1 Å². The van der Waals surface area contributed by atoms with Gasteiger partial charge in [-0.15, -0.1) is 16.1 Å². The van der Waals surface area contributed by atoms with Gasteiger partial charge in [-0.05, 0) is 94.5 Å². The Kier molecular flexibility index (Phi) is 6.79. The number of aryl methyl sites for hydroxylation is 1. The quantitative estimate of drug-likeness (QED) is 0.303. The normalized spacial score (nSPS) is 17.6. The minimum Gasteiger partial charge on any atom is -0.598 e. The highest BCUT2D eigenvalue weighted by Crippen LogP contribution is 2.59. The summed E-state index contributed by atoms with van der Waals surface area (Å²) in [6.45, 7) is 7.85. The van der Waals surface area contributed by atoms with E-state index in [9.17, 15) is 17.7 Å². The Bertz CT molecular complexity index is 1270. The van der Waals surface area contributed by atoms with Crippen molar-refractivity contribution in [2.45, 2.75) is 69.8 Å². The molecule has 0 radical (unpaired) electrons. The molecule has 37 heavy (non-hydrogen) atoms. The minimum absolute atomic E-state index is 0.119.